The van der Waals surface area contributed by atoms with Crippen molar-refractivity contribution in [2.75, 3.05) is 7.11 Å². The molecule has 1 aliphatic heterocycles. The Kier molecular flexibility index (Phi) is 3.44. The maximum atomic E-state index is 12.1. The second kappa shape index (κ2) is 5.40. The molecule has 0 fully saturated rings. The van der Waals surface area contributed by atoms with E-state index in [0.29, 0.717) is 5.75 Å². The van der Waals surface area contributed by atoms with Gasteiger partial charge in [-0.05, 0) is 17.2 Å². The van der Waals surface area contributed by atoms with E-state index in [1.54, 1.807) is 12.1 Å². The Morgan fingerprint density at radius 2 is 1.95 bits per heavy atom. The monoisotopic (exact) mass is 282 g/mol. The van der Waals surface area contributed by atoms with Crippen LogP contribution in [0.3, 0.4) is 0 Å². The number of benzene rings is 2. The Bertz CT molecular complexity index is 691. The maximum absolute atomic E-state index is 12.1. The van der Waals surface area contributed by atoms with Crippen LogP contribution in [0.4, 0.5) is 0 Å². The van der Waals surface area contributed by atoms with Gasteiger partial charge in [-0.1, -0.05) is 42.5 Å². The van der Waals surface area contributed by atoms with Gasteiger partial charge >= 0.3 is 11.9 Å². The molecule has 4 heteroatoms. The zero-order valence-corrected chi connectivity index (χ0v) is 11.5. The Labute approximate surface area is 122 Å². The summed E-state index contributed by atoms with van der Waals surface area (Å²) in [4.78, 5) is 23.5. The second-order valence-electron chi connectivity index (χ2n) is 4.89. The lowest BCUT2D eigenvalue weighted by atomic mass is 9.91. The number of esters is 2. The molecule has 0 aliphatic carbocycles. The van der Waals surface area contributed by atoms with Gasteiger partial charge in [0.05, 0.1) is 13.5 Å². The molecule has 21 heavy (non-hydrogen) atoms. The molecule has 4 nitrogen and oxygen atoms in total. The fourth-order valence-electron chi connectivity index (χ4n) is 2.52. The minimum Gasteiger partial charge on any atom is -0.469 e. The Balaban J connectivity index is 1.99. The largest absolute Gasteiger partial charge is 0.469 e. The van der Waals surface area contributed by atoms with E-state index in [1.165, 1.54) is 7.11 Å². The van der Waals surface area contributed by atoms with Crippen molar-refractivity contribution in [3.05, 3.63) is 65.2 Å². The smallest absolute Gasteiger partial charge is 0.323 e. The number of methoxy groups -OCH3 is 1. The summed E-state index contributed by atoms with van der Waals surface area (Å²) < 4.78 is 9.97. The van der Waals surface area contributed by atoms with Crippen LogP contribution in [0.2, 0.25) is 0 Å². The molecule has 0 saturated carbocycles. The molecule has 1 unspecified atom stereocenters. The number of fused-ring (bicyclic) bond motifs is 1. The fraction of sp³-hybridized carbons (Fsp3) is 0.176. The average molecular weight is 282 g/mol. The van der Waals surface area contributed by atoms with Crippen molar-refractivity contribution >= 4 is 11.9 Å². The minimum atomic E-state index is -0.432. The van der Waals surface area contributed by atoms with Gasteiger partial charge in [-0.3, -0.25) is 9.59 Å². The SMILES string of the molecule is COC(=O)Cc1ccc2c(c1)C(c1ccccc1)C(=O)O2. The average Bonchev–Trinajstić information content (AvgIpc) is 2.83. The number of rotatable bonds is 3. The molecule has 1 atom stereocenters. The van der Waals surface area contributed by atoms with Crippen molar-refractivity contribution in [2.45, 2.75) is 12.3 Å². The number of ether oxygens (including phenoxy) is 2. The van der Waals surface area contributed by atoms with Crippen LogP contribution < -0.4 is 4.74 Å². The van der Waals surface area contributed by atoms with Crippen LogP contribution in [0.1, 0.15) is 22.6 Å². The molecule has 2 aromatic rings. The van der Waals surface area contributed by atoms with Crippen LogP contribution in [0, 0.1) is 0 Å². The molecule has 0 radical (unpaired) electrons. The van der Waals surface area contributed by atoms with Gasteiger partial charge in [0.1, 0.15) is 11.7 Å². The number of carbonyl (C=O) groups excluding carboxylic acids is 2. The Hall–Kier alpha value is -2.62. The summed E-state index contributed by atoms with van der Waals surface area (Å²) in [6.45, 7) is 0. The molecule has 0 bridgehead atoms. The highest BCUT2D eigenvalue weighted by Crippen LogP contribution is 2.39. The number of carbonyl (C=O) groups is 2. The fourth-order valence-corrected chi connectivity index (χ4v) is 2.52. The second-order valence-corrected chi connectivity index (χ2v) is 4.89. The summed E-state index contributed by atoms with van der Waals surface area (Å²) in [5, 5.41) is 0. The lowest BCUT2D eigenvalue weighted by Crippen LogP contribution is -2.11. The first-order valence-corrected chi connectivity index (χ1v) is 6.65. The van der Waals surface area contributed by atoms with E-state index in [-0.39, 0.29) is 18.4 Å². The normalized spacial score (nSPS) is 16.2. The molecule has 0 N–H and O–H groups in total. The standard InChI is InChI=1S/C17H14O4/c1-20-15(18)10-11-7-8-14-13(9-11)16(17(19)21-14)12-5-3-2-4-6-12/h2-9,16H,10H2,1H3. The minimum absolute atomic E-state index is 0.180. The van der Waals surface area contributed by atoms with Crippen molar-refractivity contribution in [1.82, 2.24) is 0 Å². The van der Waals surface area contributed by atoms with Crippen molar-refractivity contribution < 1.29 is 19.1 Å². The number of hydrogen-bond donors (Lipinski definition) is 0. The summed E-state index contributed by atoms with van der Waals surface area (Å²) in [6.07, 6.45) is 0.180. The first-order valence-electron chi connectivity index (χ1n) is 6.65. The zero-order chi connectivity index (χ0) is 14.8. The molecule has 0 saturated heterocycles. The lowest BCUT2D eigenvalue weighted by Gasteiger charge is -2.08. The van der Waals surface area contributed by atoms with Crippen LogP contribution in [-0.4, -0.2) is 19.0 Å². The van der Waals surface area contributed by atoms with E-state index < -0.39 is 5.92 Å². The molecule has 1 aliphatic rings. The van der Waals surface area contributed by atoms with Gasteiger partial charge in [0, 0.05) is 5.56 Å². The van der Waals surface area contributed by atoms with Gasteiger partial charge < -0.3 is 9.47 Å². The van der Waals surface area contributed by atoms with E-state index in [1.807, 2.05) is 36.4 Å². The molecule has 3 rings (SSSR count). The molecule has 1 heterocycles. The molecule has 0 spiro atoms. The van der Waals surface area contributed by atoms with Gasteiger partial charge in [0.2, 0.25) is 0 Å². The topological polar surface area (TPSA) is 52.6 Å². The van der Waals surface area contributed by atoms with Crippen molar-refractivity contribution in [3.63, 3.8) is 0 Å². The molecule has 2 aromatic carbocycles. The Morgan fingerprint density at radius 3 is 2.67 bits per heavy atom. The van der Waals surface area contributed by atoms with Crippen LogP contribution >= 0.6 is 0 Å². The van der Waals surface area contributed by atoms with Gasteiger partial charge in [-0.2, -0.15) is 0 Å². The summed E-state index contributed by atoms with van der Waals surface area (Å²) in [6, 6.07) is 14.8. The highest BCUT2D eigenvalue weighted by Gasteiger charge is 2.34. The lowest BCUT2D eigenvalue weighted by molar-refractivity contribution is -0.139. The predicted molar refractivity (Wildman–Crippen MR) is 76.1 cm³/mol. The van der Waals surface area contributed by atoms with Crippen LogP contribution in [0.15, 0.2) is 48.5 Å². The predicted octanol–water partition coefficient (Wildman–Crippen LogP) is 2.45. The van der Waals surface area contributed by atoms with Crippen molar-refractivity contribution in [1.29, 1.82) is 0 Å². The van der Waals surface area contributed by atoms with E-state index in [2.05, 4.69) is 4.74 Å². The first kappa shape index (κ1) is 13.4. The highest BCUT2D eigenvalue weighted by atomic mass is 16.5. The van der Waals surface area contributed by atoms with Crippen molar-refractivity contribution in [3.8, 4) is 5.75 Å². The summed E-state index contributed by atoms with van der Waals surface area (Å²) in [5.74, 6) is -0.468. The van der Waals surface area contributed by atoms with Gasteiger partial charge in [0.15, 0.2) is 0 Å². The highest BCUT2D eigenvalue weighted by molar-refractivity contribution is 5.89. The van der Waals surface area contributed by atoms with Gasteiger partial charge in [-0.25, -0.2) is 0 Å². The molecule has 0 aromatic heterocycles. The quantitative estimate of drug-likeness (QED) is 0.641. The van der Waals surface area contributed by atoms with Crippen LogP contribution in [-0.2, 0) is 20.7 Å². The van der Waals surface area contributed by atoms with Gasteiger partial charge in [0.25, 0.3) is 0 Å². The summed E-state index contributed by atoms with van der Waals surface area (Å²) >= 11 is 0. The molecular weight excluding hydrogens is 268 g/mol. The molecule has 0 amide bonds. The number of hydrogen-bond acceptors (Lipinski definition) is 4. The van der Waals surface area contributed by atoms with E-state index >= 15 is 0 Å². The third kappa shape index (κ3) is 2.52. The summed E-state index contributed by atoms with van der Waals surface area (Å²) in [7, 11) is 1.36. The molecule has 106 valence electrons. The van der Waals surface area contributed by atoms with Crippen molar-refractivity contribution in [2.24, 2.45) is 0 Å². The van der Waals surface area contributed by atoms with Crippen LogP contribution in [0.5, 0.6) is 5.75 Å². The van der Waals surface area contributed by atoms with Gasteiger partial charge in [-0.15, -0.1) is 0 Å². The van der Waals surface area contributed by atoms with Crippen LogP contribution in [0.25, 0.3) is 0 Å². The third-order valence-electron chi connectivity index (χ3n) is 3.54. The zero-order valence-electron chi connectivity index (χ0n) is 11.5. The van der Waals surface area contributed by atoms with E-state index in [0.717, 1.165) is 16.7 Å². The third-order valence-corrected chi connectivity index (χ3v) is 3.54. The van der Waals surface area contributed by atoms with E-state index in [9.17, 15) is 9.59 Å². The summed E-state index contributed by atoms with van der Waals surface area (Å²) in [5.41, 5.74) is 2.49. The maximum Gasteiger partial charge on any atom is 0.323 e. The Morgan fingerprint density at radius 1 is 1.19 bits per heavy atom. The molecular formula is C17H14O4. The van der Waals surface area contributed by atoms with E-state index in [4.69, 9.17) is 4.74 Å². The first-order chi connectivity index (χ1) is 10.2.